The number of nitrogens with one attached hydrogen (secondary N) is 2. The van der Waals surface area contributed by atoms with Crippen molar-refractivity contribution in [3.63, 3.8) is 0 Å². The molecule has 2 heterocycles. The maximum absolute atomic E-state index is 12.0. The second-order valence-corrected chi connectivity index (χ2v) is 4.28. The fourth-order valence-corrected chi connectivity index (χ4v) is 2.03. The molecule has 0 bridgehead atoms. The van der Waals surface area contributed by atoms with Gasteiger partial charge in [-0.3, -0.25) is 4.79 Å². The first-order chi connectivity index (χ1) is 8.22. The Balaban J connectivity index is 1.92. The van der Waals surface area contributed by atoms with Crippen LogP contribution in [0.5, 0.6) is 0 Å². The molecule has 1 aliphatic rings. The van der Waals surface area contributed by atoms with Crippen molar-refractivity contribution in [1.82, 2.24) is 10.6 Å². The molecule has 0 saturated carbocycles. The van der Waals surface area contributed by atoms with Gasteiger partial charge in [-0.25, -0.2) is 0 Å². The van der Waals surface area contributed by atoms with Gasteiger partial charge in [-0.05, 0) is 26.1 Å². The smallest absolute Gasteiger partial charge is 0.227 e. The predicted octanol–water partition coefficient (Wildman–Crippen LogP) is 0.691. The summed E-state index contributed by atoms with van der Waals surface area (Å²) in [6.45, 7) is 2.97. The van der Waals surface area contributed by atoms with E-state index in [4.69, 9.17) is 9.15 Å². The summed E-state index contributed by atoms with van der Waals surface area (Å²) in [5.41, 5.74) is 0. The Bertz CT molecular complexity index is 364. The van der Waals surface area contributed by atoms with Gasteiger partial charge in [0.1, 0.15) is 5.76 Å². The van der Waals surface area contributed by atoms with Crippen LogP contribution in [0.15, 0.2) is 22.8 Å². The molecule has 1 aromatic rings. The van der Waals surface area contributed by atoms with Crippen LogP contribution in [0, 0.1) is 5.92 Å². The average molecular weight is 238 g/mol. The van der Waals surface area contributed by atoms with Crippen LogP contribution in [0.2, 0.25) is 0 Å². The number of furan rings is 1. The number of rotatable bonds is 4. The lowest BCUT2D eigenvalue weighted by molar-refractivity contribution is -0.126. The van der Waals surface area contributed by atoms with Crippen LogP contribution in [-0.2, 0) is 9.53 Å². The Morgan fingerprint density at radius 1 is 1.53 bits per heavy atom. The molecule has 3 atom stereocenters. The summed E-state index contributed by atoms with van der Waals surface area (Å²) in [7, 11) is 1.84. The van der Waals surface area contributed by atoms with Gasteiger partial charge in [-0.15, -0.1) is 0 Å². The monoisotopic (exact) mass is 238 g/mol. The van der Waals surface area contributed by atoms with Gasteiger partial charge < -0.3 is 19.8 Å². The molecule has 1 aromatic heterocycles. The van der Waals surface area contributed by atoms with Gasteiger partial charge in [0.05, 0.1) is 31.4 Å². The van der Waals surface area contributed by atoms with Crippen LogP contribution < -0.4 is 10.6 Å². The van der Waals surface area contributed by atoms with E-state index >= 15 is 0 Å². The van der Waals surface area contributed by atoms with Crippen molar-refractivity contribution < 1.29 is 13.9 Å². The predicted molar refractivity (Wildman–Crippen MR) is 62.4 cm³/mol. The molecule has 94 valence electrons. The van der Waals surface area contributed by atoms with Gasteiger partial charge in [-0.1, -0.05) is 0 Å². The van der Waals surface area contributed by atoms with Crippen molar-refractivity contribution in [3.05, 3.63) is 24.2 Å². The van der Waals surface area contributed by atoms with E-state index in [1.165, 1.54) is 0 Å². The summed E-state index contributed by atoms with van der Waals surface area (Å²) in [4.78, 5) is 12.0. The Morgan fingerprint density at radius 3 is 3.00 bits per heavy atom. The molecule has 0 radical (unpaired) electrons. The summed E-state index contributed by atoms with van der Waals surface area (Å²) >= 11 is 0. The standard InChI is InChI=1S/C12H18N2O3/c1-8(11-4-3-5-17-11)14-12(15)9-6-16-7-10(9)13-2/h3-5,8-10,13H,6-7H2,1-2H3,(H,14,15)/t8-,9?,10?/m1/s1. The highest BCUT2D eigenvalue weighted by Crippen LogP contribution is 2.17. The fraction of sp³-hybridized carbons (Fsp3) is 0.583. The first-order valence-corrected chi connectivity index (χ1v) is 5.81. The van der Waals surface area contributed by atoms with E-state index in [0.29, 0.717) is 13.2 Å². The minimum Gasteiger partial charge on any atom is -0.467 e. The average Bonchev–Trinajstić information content (AvgIpc) is 2.99. The van der Waals surface area contributed by atoms with Crippen LogP contribution in [0.1, 0.15) is 18.7 Å². The van der Waals surface area contributed by atoms with Crippen LogP contribution >= 0.6 is 0 Å². The van der Waals surface area contributed by atoms with Crippen LogP contribution in [0.3, 0.4) is 0 Å². The van der Waals surface area contributed by atoms with E-state index in [9.17, 15) is 4.79 Å². The highest BCUT2D eigenvalue weighted by Gasteiger charge is 2.33. The lowest BCUT2D eigenvalue weighted by Crippen LogP contribution is -2.43. The molecule has 1 saturated heterocycles. The lowest BCUT2D eigenvalue weighted by Gasteiger charge is -2.19. The van der Waals surface area contributed by atoms with Crippen molar-refractivity contribution in [2.75, 3.05) is 20.3 Å². The summed E-state index contributed by atoms with van der Waals surface area (Å²) in [6, 6.07) is 3.65. The quantitative estimate of drug-likeness (QED) is 0.810. The van der Waals surface area contributed by atoms with E-state index in [1.807, 2.05) is 26.1 Å². The molecule has 2 N–H and O–H groups in total. The maximum Gasteiger partial charge on any atom is 0.227 e. The number of hydrogen-bond donors (Lipinski definition) is 2. The zero-order valence-corrected chi connectivity index (χ0v) is 10.1. The van der Waals surface area contributed by atoms with Crippen molar-refractivity contribution >= 4 is 5.91 Å². The van der Waals surface area contributed by atoms with Gasteiger partial charge in [-0.2, -0.15) is 0 Å². The molecule has 5 heteroatoms. The Morgan fingerprint density at radius 2 is 2.35 bits per heavy atom. The van der Waals surface area contributed by atoms with Gasteiger partial charge in [0, 0.05) is 6.04 Å². The summed E-state index contributed by atoms with van der Waals surface area (Å²) in [6.07, 6.45) is 1.60. The van der Waals surface area contributed by atoms with E-state index < -0.39 is 0 Å². The number of amides is 1. The van der Waals surface area contributed by atoms with Gasteiger partial charge in [0.25, 0.3) is 0 Å². The summed E-state index contributed by atoms with van der Waals surface area (Å²) in [5.74, 6) is 0.640. The lowest BCUT2D eigenvalue weighted by atomic mass is 10.0. The third-order valence-corrected chi connectivity index (χ3v) is 3.12. The third-order valence-electron chi connectivity index (χ3n) is 3.12. The number of carbonyl (C=O) groups excluding carboxylic acids is 1. The Labute approximate surface area is 101 Å². The zero-order chi connectivity index (χ0) is 12.3. The molecule has 1 fully saturated rings. The highest BCUT2D eigenvalue weighted by molar-refractivity contribution is 5.80. The van der Waals surface area contributed by atoms with Crippen molar-refractivity contribution in [3.8, 4) is 0 Å². The van der Waals surface area contributed by atoms with E-state index in [1.54, 1.807) is 6.26 Å². The van der Waals surface area contributed by atoms with E-state index in [0.717, 1.165) is 5.76 Å². The Kier molecular flexibility index (Phi) is 3.81. The molecule has 0 aliphatic carbocycles. The maximum atomic E-state index is 12.0. The largest absolute Gasteiger partial charge is 0.467 e. The normalized spacial score (nSPS) is 25.8. The first kappa shape index (κ1) is 12.1. The van der Waals surface area contributed by atoms with Crippen LogP contribution in [0.4, 0.5) is 0 Å². The molecule has 17 heavy (non-hydrogen) atoms. The topological polar surface area (TPSA) is 63.5 Å². The van der Waals surface area contributed by atoms with Crippen molar-refractivity contribution in [2.24, 2.45) is 5.92 Å². The second kappa shape index (κ2) is 5.33. The Hall–Kier alpha value is -1.33. The van der Waals surface area contributed by atoms with E-state index in [-0.39, 0.29) is 23.9 Å². The zero-order valence-electron chi connectivity index (χ0n) is 10.1. The van der Waals surface area contributed by atoms with Gasteiger partial charge in [0.2, 0.25) is 5.91 Å². The number of ether oxygens (including phenoxy) is 1. The molecular formula is C12H18N2O3. The minimum absolute atomic E-state index is 0.00532. The van der Waals surface area contributed by atoms with E-state index in [2.05, 4.69) is 10.6 Å². The van der Waals surface area contributed by atoms with Crippen LogP contribution in [-0.4, -0.2) is 32.2 Å². The summed E-state index contributed by atoms with van der Waals surface area (Å²) < 4.78 is 10.6. The first-order valence-electron chi connectivity index (χ1n) is 5.81. The molecule has 5 nitrogen and oxygen atoms in total. The van der Waals surface area contributed by atoms with Gasteiger partial charge >= 0.3 is 0 Å². The number of carbonyl (C=O) groups is 1. The molecule has 1 amide bonds. The third kappa shape index (κ3) is 2.68. The van der Waals surface area contributed by atoms with Crippen molar-refractivity contribution in [2.45, 2.75) is 19.0 Å². The van der Waals surface area contributed by atoms with Crippen LogP contribution in [0.25, 0.3) is 0 Å². The molecule has 1 aliphatic heterocycles. The number of likely N-dealkylation sites (N-methyl/N-ethyl adjacent to an activating group) is 1. The molecule has 0 spiro atoms. The second-order valence-electron chi connectivity index (χ2n) is 4.28. The number of hydrogen-bond acceptors (Lipinski definition) is 4. The minimum atomic E-state index is -0.127. The molecular weight excluding hydrogens is 220 g/mol. The highest BCUT2D eigenvalue weighted by atomic mass is 16.5. The SMILES string of the molecule is CNC1COCC1C(=O)N[C@H](C)c1ccco1. The molecule has 2 unspecified atom stereocenters. The fourth-order valence-electron chi connectivity index (χ4n) is 2.03. The summed E-state index contributed by atoms with van der Waals surface area (Å²) in [5, 5.41) is 6.03. The van der Waals surface area contributed by atoms with Crippen molar-refractivity contribution in [1.29, 1.82) is 0 Å². The molecule has 0 aromatic carbocycles. The molecule has 2 rings (SSSR count). The van der Waals surface area contributed by atoms with Gasteiger partial charge in [0.15, 0.2) is 0 Å².